The molecule has 0 unspecified atom stereocenters. The third kappa shape index (κ3) is 6.85. The normalized spacial score (nSPS) is 12.0. The van der Waals surface area contributed by atoms with Gasteiger partial charge in [0.15, 0.2) is 8.32 Å². The molecule has 0 aromatic rings. The Morgan fingerprint density at radius 2 is 1.91 bits per heavy atom. The molecule has 0 heterocycles. The molecular formula is C8H19ClOSi. The summed E-state index contributed by atoms with van der Waals surface area (Å²) in [5, 5.41) is 0. The minimum atomic E-state index is -1.30. The predicted octanol–water partition coefficient (Wildman–Crippen LogP) is 3.25. The third-order valence-corrected chi connectivity index (χ3v) is 4.59. The highest BCUT2D eigenvalue weighted by molar-refractivity contribution is 6.71. The number of rotatable bonds is 6. The van der Waals surface area contributed by atoms with Crippen LogP contribution in [0, 0.1) is 0 Å². The van der Waals surface area contributed by atoms with E-state index >= 15 is 0 Å². The summed E-state index contributed by atoms with van der Waals surface area (Å²) in [5.41, 5.74) is 0. The molecular weight excluding hydrogens is 176 g/mol. The molecule has 0 atom stereocenters. The second-order valence-electron chi connectivity index (χ2n) is 3.34. The Morgan fingerprint density at radius 1 is 1.27 bits per heavy atom. The van der Waals surface area contributed by atoms with Crippen molar-refractivity contribution in [1.82, 2.24) is 0 Å². The van der Waals surface area contributed by atoms with Crippen molar-refractivity contribution < 1.29 is 4.43 Å². The Hall–Kier alpha value is 0.467. The molecule has 0 aromatic heterocycles. The topological polar surface area (TPSA) is 9.23 Å². The third-order valence-electron chi connectivity index (χ3n) is 1.70. The van der Waals surface area contributed by atoms with E-state index < -0.39 is 8.32 Å². The van der Waals surface area contributed by atoms with Crippen molar-refractivity contribution in [2.24, 2.45) is 0 Å². The van der Waals surface area contributed by atoms with E-state index in [0.29, 0.717) is 0 Å². The van der Waals surface area contributed by atoms with Gasteiger partial charge in [-0.3, -0.25) is 0 Å². The van der Waals surface area contributed by atoms with Crippen molar-refractivity contribution in [3.05, 3.63) is 0 Å². The van der Waals surface area contributed by atoms with Gasteiger partial charge in [-0.15, -0.1) is 11.6 Å². The molecule has 0 aliphatic rings. The Kier molecular flexibility index (Phi) is 6.29. The maximum Gasteiger partial charge on any atom is 0.186 e. The zero-order valence-corrected chi connectivity index (χ0v) is 9.58. The lowest BCUT2D eigenvalue weighted by Gasteiger charge is -2.21. The van der Waals surface area contributed by atoms with Crippen molar-refractivity contribution in [3.63, 3.8) is 0 Å². The minimum absolute atomic E-state index is 0.788. The first-order valence-corrected chi connectivity index (χ1v) is 7.97. The molecule has 1 nitrogen and oxygen atoms in total. The molecule has 0 aliphatic heterocycles. The predicted molar refractivity (Wildman–Crippen MR) is 53.9 cm³/mol. The highest BCUT2D eigenvalue weighted by atomic mass is 35.5. The van der Waals surface area contributed by atoms with E-state index in [-0.39, 0.29) is 0 Å². The van der Waals surface area contributed by atoms with E-state index in [4.69, 9.17) is 16.0 Å². The second-order valence-corrected chi connectivity index (χ2v) is 8.02. The van der Waals surface area contributed by atoms with Gasteiger partial charge in [-0.05, 0) is 32.5 Å². The molecule has 0 aromatic carbocycles. The van der Waals surface area contributed by atoms with Crippen molar-refractivity contribution in [2.75, 3.05) is 12.5 Å². The number of unbranched alkanes of at least 4 members (excludes halogenated alkanes) is 1. The monoisotopic (exact) mass is 194 g/mol. The number of halogens is 1. The maximum absolute atomic E-state index is 5.67. The van der Waals surface area contributed by atoms with Crippen LogP contribution in [0.25, 0.3) is 0 Å². The van der Waals surface area contributed by atoms with E-state index in [1.54, 1.807) is 0 Å². The number of hydrogen-bond donors (Lipinski definition) is 0. The highest BCUT2D eigenvalue weighted by Crippen LogP contribution is 2.14. The fourth-order valence-corrected chi connectivity index (χ4v) is 3.32. The summed E-state index contributed by atoms with van der Waals surface area (Å²) in [6.45, 7) is 7.46. The van der Waals surface area contributed by atoms with Crippen LogP contribution in [0.15, 0.2) is 0 Å². The first-order valence-electron chi connectivity index (χ1n) is 4.32. The highest BCUT2D eigenvalue weighted by Gasteiger charge is 2.20. The van der Waals surface area contributed by atoms with Crippen LogP contribution in [0.3, 0.4) is 0 Å². The van der Waals surface area contributed by atoms with Crippen molar-refractivity contribution >= 4 is 19.9 Å². The van der Waals surface area contributed by atoms with Gasteiger partial charge in [-0.25, -0.2) is 0 Å². The molecule has 0 saturated carbocycles. The van der Waals surface area contributed by atoms with Gasteiger partial charge in [0, 0.05) is 12.5 Å². The standard InChI is InChI=1S/C8H19ClOSi/c1-4-10-11(2,3)8-6-5-7-9/h4-8H2,1-3H3. The smallest absolute Gasteiger partial charge is 0.186 e. The summed E-state index contributed by atoms with van der Waals surface area (Å²) in [5.74, 6) is 0.788. The van der Waals surface area contributed by atoms with Crippen LogP contribution in [0.4, 0.5) is 0 Å². The fourth-order valence-electron chi connectivity index (χ4n) is 1.11. The van der Waals surface area contributed by atoms with Crippen LogP contribution in [0.5, 0.6) is 0 Å². The van der Waals surface area contributed by atoms with Crippen LogP contribution in [0.1, 0.15) is 19.8 Å². The number of alkyl halides is 1. The average molecular weight is 195 g/mol. The Bertz CT molecular complexity index is 96.1. The van der Waals surface area contributed by atoms with Gasteiger partial charge in [0.2, 0.25) is 0 Å². The first-order chi connectivity index (χ1) is 5.12. The van der Waals surface area contributed by atoms with Crippen LogP contribution >= 0.6 is 11.6 Å². The van der Waals surface area contributed by atoms with E-state index in [2.05, 4.69) is 20.0 Å². The van der Waals surface area contributed by atoms with E-state index in [0.717, 1.165) is 18.9 Å². The van der Waals surface area contributed by atoms with Crippen molar-refractivity contribution in [1.29, 1.82) is 0 Å². The van der Waals surface area contributed by atoms with Crippen molar-refractivity contribution in [3.8, 4) is 0 Å². The van der Waals surface area contributed by atoms with Gasteiger partial charge in [0.25, 0.3) is 0 Å². The van der Waals surface area contributed by atoms with Gasteiger partial charge in [0.1, 0.15) is 0 Å². The molecule has 0 bridgehead atoms. The largest absolute Gasteiger partial charge is 0.418 e. The summed E-state index contributed by atoms with van der Waals surface area (Å²) in [6, 6.07) is 1.24. The van der Waals surface area contributed by atoms with E-state index in [1.807, 2.05) is 0 Å². The molecule has 11 heavy (non-hydrogen) atoms. The molecule has 68 valence electrons. The van der Waals surface area contributed by atoms with Crippen LogP contribution in [-0.4, -0.2) is 20.8 Å². The summed E-state index contributed by atoms with van der Waals surface area (Å²) in [6.07, 6.45) is 2.35. The maximum atomic E-state index is 5.67. The van der Waals surface area contributed by atoms with Gasteiger partial charge in [-0.1, -0.05) is 6.42 Å². The summed E-state index contributed by atoms with van der Waals surface area (Å²) in [4.78, 5) is 0. The Labute approximate surface area is 76.2 Å². The van der Waals surface area contributed by atoms with Crippen molar-refractivity contribution in [2.45, 2.75) is 38.9 Å². The minimum Gasteiger partial charge on any atom is -0.418 e. The Morgan fingerprint density at radius 3 is 2.36 bits per heavy atom. The molecule has 0 saturated heterocycles. The van der Waals surface area contributed by atoms with Crippen LogP contribution in [0.2, 0.25) is 19.1 Å². The molecule has 0 amide bonds. The first kappa shape index (κ1) is 11.5. The lowest BCUT2D eigenvalue weighted by molar-refractivity contribution is 0.328. The SMILES string of the molecule is CCO[Si](C)(C)CCCCCl. The molecule has 0 radical (unpaired) electrons. The zero-order valence-electron chi connectivity index (χ0n) is 7.82. The van der Waals surface area contributed by atoms with Crippen LogP contribution < -0.4 is 0 Å². The molecule has 0 N–H and O–H groups in total. The molecule has 0 aliphatic carbocycles. The van der Waals surface area contributed by atoms with Gasteiger partial charge in [-0.2, -0.15) is 0 Å². The summed E-state index contributed by atoms with van der Waals surface area (Å²) < 4.78 is 5.67. The average Bonchev–Trinajstić information content (AvgIpc) is 1.87. The van der Waals surface area contributed by atoms with Gasteiger partial charge in [0.05, 0.1) is 0 Å². The zero-order chi connectivity index (χ0) is 8.74. The lowest BCUT2D eigenvalue weighted by atomic mass is 10.4. The molecule has 0 spiro atoms. The summed E-state index contributed by atoms with van der Waals surface area (Å²) in [7, 11) is -1.30. The molecule has 0 rings (SSSR count). The lowest BCUT2D eigenvalue weighted by Crippen LogP contribution is -2.29. The molecule has 3 heteroatoms. The fraction of sp³-hybridized carbons (Fsp3) is 1.00. The Balaban J connectivity index is 3.38. The second kappa shape index (κ2) is 6.04. The van der Waals surface area contributed by atoms with E-state index in [9.17, 15) is 0 Å². The molecule has 0 fully saturated rings. The summed E-state index contributed by atoms with van der Waals surface area (Å²) >= 11 is 5.58. The number of hydrogen-bond acceptors (Lipinski definition) is 1. The van der Waals surface area contributed by atoms with Gasteiger partial charge >= 0.3 is 0 Å². The quantitative estimate of drug-likeness (QED) is 0.359. The van der Waals surface area contributed by atoms with E-state index in [1.165, 1.54) is 12.5 Å². The van der Waals surface area contributed by atoms with Crippen LogP contribution in [-0.2, 0) is 4.43 Å². The van der Waals surface area contributed by atoms with Gasteiger partial charge < -0.3 is 4.43 Å².